The Morgan fingerprint density at radius 1 is 1.11 bits per heavy atom. The van der Waals surface area contributed by atoms with E-state index in [0.717, 1.165) is 41.4 Å². The van der Waals surface area contributed by atoms with Crippen molar-refractivity contribution in [1.82, 2.24) is 9.97 Å². The van der Waals surface area contributed by atoms with E-state index in [1.54, 1.807) is 20.4 Å². The Morgan fingerprint density at radius 3 is 2.52 bits per heavy atom. The van der Waals surface area contributed by atoms with Gasteiger partial charge < -0.3 is 20.5 Å². The van der Waals surface area contributed by atoms with Crippen LogP contribution in [0.4, 0.5) is 11.6 Å². The summed E-state index contributed by atoms with van der Waals surface area (Å²) in [5, 5.41) is 4.07. The summed E-state index contributed by atoms with van der Waals surface area (Å²) in [7, 11) is 3.24. The third-order valence-corrected chi connectivity index (χ3v) is 4.19. The molecule has 0 aliphatic heterocycles. The summed E-state index contributed by atoms with van der Waals surface area (Å²) in [6.07, 6.45) is 8.64. The van der Waals surface area contributed by atoms with Crippen LogP contribution in [0.1, 0.15) is 12.8 Å². The number of rotatable bonds is 7. The standard InChI is InChI=1S/C21H22N4O2/c1-4-5-6-7-23-21-24-13-15-10-18(19(22)12-20(15)25-21)14-8-16(26-2)11-17(9-14)27-3/h1,8-13H,5-7,22H2,2-3H3,(H,23,24,25). The van der Waals surface area contributed by atoms with E-state index in [-0.39, 0.29) is 0 Å². The van der Waals surface area contributed by atoms with E-state index in [2.05, 4.69) is 21.2 Å². The van der Waals surface area contributed by atoms with Gasteiger partial charge in [0.05, 0.1) is 19.7 Å². The van der Waals surface area contributed by atoms with E-state index in [1.807, 2.05) is 30.3 Å². The van der Waals surface area contributed by atoms with Gasteiger partial charge in [0.15, 0.2) is 0 Å². The van der Waals surface area contributed by atoms with Crippen molar-refractivity contribution in [2.75, 3.05) is 31.8 Å². The number of anilines is 2. The molecule has 6 nitrogen and oxygen atoms in total. The highest BCUT2D eigenvalue weighted by atomic mass is 16.5. The van der Waals surface area contributed by atoms with Gasteiger partial charge in [-0.1, -0.05) is 0 Å². The number of nitrogen functional groups attached to an aromatic ring is 1. The maximum atomic E-state index is 6.31. The van der Waals surface area contributed by atoms with Crippen LogP contribution in [0.2, 0.25) is 0 Å². The second-order valence-electron chi connectivity index (χ2n) is 6.03. The maximum absolute atomic E-state index is 6.31. The fraction of sp³-hybridized carbons (Fsp3) is 0.238. The second-order valence-corrected chi connectivity index (χ2v) is 6.03. The summed E-state index contributed by atoms with van der Waals surface area (Å²) in [6.45, 7) is 0.729. The highest BCUT2D eigenvalue weighted by Gasteiger charge is 2.10. The smallest absolute Gasteiger partial charge is 0.223 e. The largest absolute Gasteiger partial charge is 0.497 e. The fourth-order valence-corrected chi connectivity index (χ4v) is 2.78. The van der Waals surface area contributed by atoms with E-state index in [0.29, 0.717) is 23.1 Å². The van der Waals surface area contributed by atoms with E-state index in [1.165, 1.54) is 0 Å². The Morgan fingerprint density at radius 2 is 1.85 bits per heavy atom. The molecule has 0 atom stereocenters. The number of ether oxygens (including phenoxy) is 2. The number of terminal acetylenes is 1. The maximum Gasteiger partial charge on any atom is 0.223 e. The Bertz CT molecular complexity index is 973. The van der Waals surface area contributed by atoms with E-state index >= 15 is 0 Å². The first-order valence-corrected chi connectivity index (χ1v) is 8.61. The third kappa shape index (κ3) is 4.21. The number of benzene rings is 2. The molecule has 0 saturated carbocycles. The van der Waals surface area contributed by atoms with Gasteiger partial charge in [-0.25, -0.2) is 9.97 Å². The normalized spacial score (nSPS) is 10.4. The number of nitrogens with zero attached hydrogens (tertiary/aromatic N) is 2. The van der Waals surface area contributed by atoms with Crippen molar-refractivity contribution in [3.05, 3.63) is 36.5 Å². The van der Waals surface area contributed by atoms with E-state index in [4.69, 9.17) is 21.6 Å². The van der Waals surface area contributed by atoms with Gasteiger partial charge in [0.1, 0.15) is 11.5 Å². The molecule has 3 aromatic rings. The topological polar surface area (TPSA) is 82.3 Å². The van der Waals surface area contributed by atoms with Crippen molar-refractivity contribution in [2.24, 2.45) is 0 Å². The average Bonchev–Trinajstić information content (AvgIpc) is 2.70. The number of methoxy groups -OCH3 is 2. The molecule has 0 bridgehead atoms. The molecule has 6 heteroatoms. The predicted octanol–water partition coefficient (Wildman–Crippen LogP) is 3.72. The quantitative estimate of drug-likeness (QED) is 0.379. The zero-order chi connectivity index (χ0) is 19.2. The lowest BCUT2D eigenvalue weighted by Crippen LogP contribution is -2.05. The van der Waals surface area contributed by atoms with Crippen LogP contribution in [0.25, 0.3) is 22.0 Å². The summed E-state index contributed by atoms with van der Waals surface area (Å²) < 4.78 is 10.7. The van der Waals surface area contributed by atoms with Crippen molar-refractivity contribution >= 4 is 22.5 Å². The van der Waals surface area contributed by atoms with Crippen LogP contribution in [0, 0.1) is 12.3 Å². The minimum Gasteiger partial charge on any atom is -0.497 e. The minimum atomic E-state index is 0.565. The highest BCUT2D eigenvalue weighted by molar-refractivity contribution is 5.92. The molecular weight excluding hydrogens is 340 g/mol. The molecule has 0 fully saturated rings. The first-order valence-electron chi connectivity index (χ1n) is 8.61. The third-order valence-electron chi connectivity index (χ3n) is 4.19. The van der Waals surface area contributed by atoms with Gasteiger partial charge in [0, 0.05) is 41.9 Å². The molecule has 1 aromatic heterocycles. The molecule has 0 radical (unpaired) electrons. The molecule has 1 heterocycles. The van der Waals surface area contributed by atoms with Gasteiger partial charge in [-0.2, -0.15) is 0 Å². The number of fused-ring (bicyclic) bond motifs is 1. The number of aromatic nitrogens is 2. The van der Waals surface area contributed by atoms with Crippen molar-refractivity contribution < 1.29 is 9.47 Å². The fourth-order valence-electron chi connectivity index (χ4n) is 2.78. The van der Waals surface area contributed by atoms with Gasteiger partial charge in [-0.15, -0.1) is 12.3 Å². The van der Waals surface area contributed by atoms with Gasteiger partial charge in [0.2, 0.25) is 5.95 Å². The zero-order valence-corrected chi connectivity index (χ0v) is 15.5. The minimum absolute atomic E-state index is 0.565. The molecule has 3 N–H and O–H groups in total. The van der Waals surface area contributed by atoms with Crippen LogP contribution >= 0.6 is 0 Å². The molecular formula is C21H22N4O2. The monoisotopic (exact) mass is 362 g/mol. The number of nitrogens with one attached hydrogen (secondary N) is 1. The Kier molecular flexibility index (Phi) is 5.62. The van der Waals surface area contributed by atoms with Gasteiger partial charge >= 0.3 is 0 Å². The van der Waals surface area contributed by atoms with Crippen molar-refractivity contribution in [3.63, 3.8) is 0 Å². The van der Waals surface area contributed by atoms with Crippen LogP contribution in [-0.2, 0) is 0 Å². The number of hydrogen-bond acceptors (Lipinski definition) is 6. The first-order chi connectivity index (χ1) is 13.1. The molecule has 0 amide bonds. The molecule has 0 aliphatic rings. The number of unbranched alkanes of at least 4 members (excludes halogenated alkanes) is 1. The van der Waals surface area contributed by atoms with Crippen LogP contribution in [-0.4, -0.2) is 30.7 Å². The van der Waals surface area contributed by atoms with E-state index < -0.39 is 0 Å². The van der Waals surface area contributed by atoms with Crippen LogP contribution in [0.5, 0.6) is 11.5 Å². The van der Waals surface area contributed by atoms with Gasteiger partial charge in [-0.05, 0) is 36.2 Å². The lowest BCUT2D eigenvalue weighted by Gasteiger charge is -2.12. The molecule has 0 unspecified atom stereocenters. The van der Waals surface area contributed by atoms with Crippen LogP contribution < -0.4 is 20.5 Å². The number of hydrogen-bond donors (Lipinski definition) is 2. The summed E-state index contributed by atoms with van der Waals surface area (Å²) >= 11 is 0. The molecule has 0 spiro atoms. The van der Waals surface area contributed by atoms with Gasteiger partial charge in [0.25, 0.3) is 0 Å². The van der Waals surface area contributed by atoms with Crippen molar-refractivity contribution in [3.8, 4) is 35.0 Å². The SMILES string of the molecule is C#CCCCNc1ncc2cc(-c3cc(OC)cc(OC)c3)c(N)cc2n1. The highest BCUT2D eigenvalue weighted by Crippen LogP contribution is 2.35. The summed E-state index contributed by atoms with van der Waals surface area (Å²) in [5.74, 6) is 4.58. The molecule has 3 rings (SSSR count). The Labute approximate surface area is 158 Å². The van der Waals surface area contributed by atoms with Crippen LogP contribution in [0.15, 0.2) is 36.5 Å². The lowest BCUT2D eigenvalue weighted by molar-refractivity contribution is 0.394. The summed E-state index contributed by atoms with van der Waals surface area (Å²) in [4.78, 5) is 8.91. The molecule has 0 saturated heterocycles. The van der Waals surface area contributed by atoms with Crippen molar-refractivity contribution in [1.29, 1.82) is 0 Å². The molecule has 2 aromatic carbocycles. The zero-order valence-electron chi connectivity index (χ0n) is 15.5. The Hall–Kier alpha value is -3.46. The molecule has 27 heavy (non-hydrogen) atoms. The molecule has 138 valence electrons. The molecule has 0 aliphatic carbocycles. The van der Waals surface area contributed by atoms with Gasteiger partial charge in [-0.3, -0.25) is 0 Å². The lowest BCUT2D eigenvalue weighted by atomic mass is 10.0. The van der Waals surface area contributed by atoms with Crippen LogP contribution in [0.3, 0.4) is 0 Å². The van der Waals surface area contributed by atoms with Crippen molar-refractivity contribution in [2.45, 2.75) is 12.8 Å². The second kappa shape index (κ2) is 8.28. The summed E-state index contributed by atoms with van der Waals surface area (Å²) in [5.41, 5.74) is 9.48. The average molecular weight is 362 g/mol. The number of nitrogens with two attached hydrogens (primary N) is 1. The Balaban J connectivity index is 1.94. The summed E-state index contributed by atoms with van der Waals surface area (Å²) in [6, 6.07) is 9.48. The predicted molar refractivity (Wildman–Crippen MR) is 109 cm³/mol. The first kappa shape index (κ1) is 18.3. The van der Waals surface area contributed by atoms with E-state index in [9.17, 15) is 0 Å².